The van der Waals surface area contributed by atoms with E-state index in [0.29, 0.717) is 10.8 Å². The SMILES string of the molecule is CCCCNC(=S)Nc1ccc(C)cc1F. The third-order valence-corrected chi connectivity index (χ3v) is 2.44. The van der Waals surface area contributed by atoms with Crippen LogP contribution in [-0.2, 0) is 0 Å². The second kappa shape index (κ2) is 6.43. The summed E-state index contributed by atoms with van der Waals surface area (Å²) < 4.78 is 13.4. The third kappa shape index (κ3) is 4.14. The predicted octanol–water partition coefficient (Wildman–Crippen LogP) is 3.22. The summed E-state index contributed by atoms with van der Waals surface area (Å²) in [6, 6.07) is 5.02. The van der Waals surface area contributed by atoms with Gasteiger partial charge in [-0.05, 0) is 43.3 Å². The summed E-state index contributed by atoms with van der Waals surface area (Å²) in [4.78, 5) is 0. The van der Waals surface area contributed by atoms with Crippen molar-refractivity contribution in [1.29, 1.82) is 0 Å². The van der Waals surface area contributed by atoms with Gasteiger partial charge in [-0.2, -0.15) is 0 Å². The van der Waals surface area contributed by atoms with Gasteiger partial charge in [-0.25, -0.2) is 4.39 Å². The van der Waals surface area contributed by atoms with Crippen molar-refractivity contribution in [1.82, 2.24) is 5.32 Å². The first-order valence-electron chi connectivity index (χ1n) is 5.44. The van der Waals surface area contributed by atoms with Crippen molar-refractivity contribution in [2.75, 3.05) is 11.9 Å². The molecule has 0 heterocycles. The monoisotopic (exact) mass is 240 g/mol. The van der Waals surface area contributed by atoms with Crippen molar-refractivity contribution in [2.45, 2.75) is 26.7 Å². The fraction of sp³-hybridized carbons (Fsp3) is 0.417. The number of rotatable bonds is 4. The first-order valence-corrected chi connectivity index (χ1v) is 5.85. The molecule has 1 aromatic rings. The van der Waals surface area contributed by atoms with E-state index in [9.17, 15) is 4.39 Å². The van der Waals surface area contributed by atoms with E-state index in [1.54, 1.807) is 6.07 Å². The molecule has 0 aromatic heterocycles. The van der Waals surface area contributed by atoms with Crippen LogP contribution in [0.2, 0.25) is 0 Å². The van der Waals surface area contributed by atoms with E-state index < -0.39 is 0 Å². The molecule has 1 aromatic carbocycles. The van der Waals surface area contributed by atoms with Crippen LogP contribution in [0.15, 0.2) is 18.2 Å². The van der Waals surface area contributed by atoms with E-state index >= 15 is 0 Å². The topological polar surface area (TPSA) is 24.1 Å². The zero-order valence-corrected chi connectivity index (χ0v) is 10.5. The van der Waals surface area contributed by atoms with Gasteiger partial charge in [0.25, 0.3) is 0 Å². The molecule has 0 aliphatic carbocycles. The van der Waals surface area contributed by atoms with Crippen molar-refractivity contribution < 1.29 is 4.39 Å². The average molecular weight is 240 g/mol. The molecular formula is C12H17FN2S. The summed E-state index contributed by atoms with van der Waals surface area (Å²) in [5.41, 5.74) is 1.31. The quantitative estimate of drug-likeness (QED) is 0.624. The van der Waals surface area contributed by atoms with Crippen LogP contribution in [-0.4, -0.2) is 11.7 Å². The van der Waals surface area contributed by atoms with Crippen molar-refractivity contribution in [2.24, 2.45) is 0 Å². The molecule has 2 nitrogen and oxygen atoms in total. The molecule has 2 N–H and O–H groups in total. The van der Waals surface area contributed by atoms with Gasteiger partial charge in [-0.3, -0.25) is 0 Å². The molecule has 0 radical (unpaired) electrons. The second-order valence-electron chi connectivity index (χ2n) is 3.72. The Morgan fingerprint density at radius 1 is 1.44 bits per heavy atom. The van der Waals surface area contributed by atoms with Gasteiger partial charge in [0.1, 0.15) is 5.82 Å². The molecule has 0 spiro atoms. The molecule has 0 bridgehead atoms. The molecule has 0 saturated carbocycles. The highest BCUT2D eigenvalue weighted by Gasteiger charge is 2.03. The maximum atomic E-state index is 13.4. The number of benzene rings is 1. The zero-order valence-electron chi connectivity index (χ0n) is 9.64. The normalized spacial score (nSPS) is 9.94. The minimum Gasteiger partial charge on any atom is -0.362 e. The number of halogens is 1. The highest BCUT2D eigenvalue weighted by molar-refractivity contribution is 7.80. The summed E-state index contributed by atoms with van der Waals surface area (Å²) in [5.74, 6) is -0.278. The van der Waals surface area contributed by atoms with E-state index in [1.165, 1.54) is 6.07 Å². The van der Waals surface area contributed by atoms with E-state index in [0.717, 1.165) is 24.9 Å². The molecule has 0 aliphatic rings. The van der Waals surface area contributed by atoms with Gasteiger partial charge >= 0.3 is 0 Å². The van der Waals surface area contributed by atoms with Gasteiger partial charge in [0.2, 0.25) is 0 Å². The number of hydrogen-bond donors (Lipinski definition) is 2. The fourth-order valence-electron chi connectivity index (χ4n) is 1.27. The first kappa shape index (κ1) is 12.9. The molecule has 0 saturated heterocycles. The van der Waals surface area contributed by atoms with Gasteiger partial charge in [0, 0.05) is 6.54 Å². The average Bonchev–Trinajstić information content (AvgIpc) is 2.23. The summed E-state index contributed by atoms with van der Waals surface area (Å²) in [7, 11) is 0. The number of unbranched alkanes of at least 4 members (excludes halogenated alkanes) is 1. The molecule has 0 atom stereocenters. The Hall–Kier alpha value is -1.16. The lowest BCUT2D eigenvalue weighted by Gasteiger charge is -2.11. The van der Waals surface area contributed by atoms with Gasteiger partial charge in [-0.15, -0.1) is 0 Å². The Morgan fingerprint density at radius 2 is 2.19 bits per heavy atom. The van der Waals surface area contributed by atoms with Gasteiger partial charge in [0.05, 0.1) is 5.69 Å². The Bertz CT molecular complexity index is 366. The number of nitrogens with one attached hydrogen (secondary N) is 2. The zero-order chi connectivity index (χ0) is 12.0. The van der Waals surface area contributed by atoms with Crippen molar-refractivity contribution in [3.8, 4) is 0 Å². The Morgan fingerprint density at radius 3 is 2.81 bits per heavy atom. The minimum absolute atomic E-state index is 0.278. The Balaban J connectivity index is 2.49. The third-order valence-electron chi connectivity index (χ3n) is 2.19. The van der Waals surface area contributed by atoms with Gasteiger partial charge in [0.15, 0.2) is 5.11 Å². The van der Waals surface area contributed by atoms with Crippen LogP contribution < -0.4 is 10.6 Å². The number of aryl methyl sites for hydroxylation is 1. The molecule has 0 amide bonds. The van der Waals surface area contributed by atoms with E-state index in [2.05, 4.69) is 17.6 Å². The standard InChI is InChI=1S/C12H17FN2S/c1-3-4-7-14-12(16)15-11-6-5-9(2)8-10(11)13/h5-6,8H,3-4,7H2,1-2H3,(H2,14,15,16). The Labute approximate surface area is 101 Å². The molecule has 1 rings (SSSR count). The van der Waals surface area contributed by atoms with E-state index in [1.807, 2.05) is 13.0 Å². The van der Waals surface area contributed by atoms with Crippen LogP contribution in [0.5, 0.6) is 0 Å². The maximum absolute atomic E-state index is 13.4. The molecule has 0 aliphatic heterocycles. The van der Waals surface area contributed by atoms with Crippen LogP contribution >= 0.6 is 12.2 Å². The van der Waals surface area contributed by atoms with Gasteiger partial charge < -0.3 is 10.6 Å². The largest absolute Gasteiger partial charge is 0.362 e. The summed E-state index contributed by atoms with van der Waals surface area (Å²) >= 11 is 5.05. The molecule has 4 heteroatoms. The highest BCUT2D eigenvalue weighted by atomic mass is 32.1. The summed E-state index contributed by atoms with van der Waals surface area (Å²) in [6.45, 7) is 4.78. The van der Waals surface area contributed by atoms with Crippen LogP contribution in [0.3, 0.4) is 0 Å². The lowest BCUT2D eigenvalue weighted by Crippen LogP contribution is -2.29. The van der Waals surface area contributed by atoms with Gasteiger partial charge in [-0.1, -0.05) is 19.4 Å². The molecule has 0 fully saturated rings. The van der Waals surface area contributed by atoms with Crippen LogP contribution in [0.1, 0.15) is 25.3 Å². The number of anilines is 1. The highest BCUT2D eigenvalue weighted by Crippen LogP contribution is 2.14. The van der Waals surface area contributed by atoms with Crippen molar-refractivity contribution in [3.63, 3.8) is 0 Å². The number of thiocarbonyl (C=S) groups is 1. The molecule has 16 heavy (non-hydrogen) atoms. The predicted molar refractivity (Wildman–Crippen MR) is 70.3 cm³/mol. The van der Waals surface area contributed by atoms with Crippen LogP contribution in [0.4, 0.5) is 10.1 Å². The minimum atomic E-state index is -0.278. The van der Waals surface area contributed by atoms with Crippen molar-refractivity contribution in [3.05, 3.63) is 29.6 Å². The van der Waals surface area contributed by atoms with E-state index in [-0.39, 0.29) is 5.82 Å². The van der Waals surface area contributed by atoms with Crippen molar-refractivity contribution >= 4 is 23.0 Å². The maximum Gasteiger partial charge on any atom is 0.170 e. The number of hydrogen-bond acceptors (Lipinski definition) is 1. The lowest BCUT2D eigenvalue weighted by molar-refractivity contribution is 0.631. The second-order valence-corrected chi connectivity index (χ2v) is 4.13. The van der Waals surface area contributed by atoms with Crippen LogP contribution in [0, 0.1) is 12.7 Å². The molecular weight excluding hydrogens is 223 g/mol. The molecule has 0 unspecified atom stereocenters. The van der Waals surface area contributed by atoms with Crippen LogP contribution in [0.25, 0.3) is 0 Å². The summed E-state index contributed by atoms with van der Waals surface area (Å²) in [6.07, 6.45) is 2.16. The van der Waals surface area contributed by atoms with E-state index in [4.69, 9.17) is 12.2 Å². The first-order chi connectivity index (χ1) is 7.63. The fourth-order valence-corrected chi connectivity index (χ4v) is 1.48. The smallest absolute Gasteiger partial charge is 0.170 e. The Kier molecular flexibility index (Phi) is 5.19. The lowest BCUT2D eigenvalue weighted by atomic mass is 10.2. The molecule has 88 valence electrons. The summed E-state index contributed by atoms with van der Waals surface area (Å²) in [5, 5.41) is 6.34.